The molecule has 2 amide bonds. The van der Waals surface area contributed by atoms with E-state index in [4.69, 9.17) is 21.1 Å². The summed E-state index contributed by atoms with van der Waals surface area (Å²) in [6, 6.07) is 6.21. The van der Waals surface area contributed by atoms with Gasteiger partial charge < -0.3 is 20.1 Å². The molecule has 0 spiro atoms. The van der Waals surface area contributed by atoms with E-state index in [1.807, 2.05) is 0 Å². The second-order valence-electron chi connectivity index (χ2n) is 4.19. The van der Waals surface area contributed by atoms with Crippen LogP contribution in [0.5, 0.6) is 0 Å². The summed E-state index contributed by atoms with van der Waals surface area (Å²) in [5, 5.41) is 5.39. The minimum atomic E-state index is -0.704. The summed E-state index contributed by atoms with van der Waals surface area (Å²) in [6.07, 6.45) is 0. The molecule has 0 fully saturated rings. The third-order valence-electron chi connectivity index (χ3n) is 2.49. The molecular weight excluding hydrogens is 312 g/mol. The largest absolute Gasteiger partial charge is 0.454 e. The van der Waals surface area contributed by atoms with Gasteiger partial charge in [0.2, 0.25) is 0 Å². The second kappa shape index (κ2) is 9.75. The number of nitrogens with one attached hydrogen (secondary N) is 2. The number of esters is 1. The maximum atomic E-state index is 11.7. The molecule has 0 unspecified atom stereocenters. The third kappa shape index (κ3) is 7.05. The summed E-state index contributed by atoms with van der Waals surface area (Å²) >= 11 is 5.71. The molecule has 2 N–H and O–H groups in total. The van der Waals surface area contributed by atoms with Crippen LogP contribution in [0.15, 0.2) is 24.3 Å². The molecule has 1 rings (SSSR count). The standard InChI is InChI=1S/C14H17ClN2O5/c1-21-7-6-16-12(18)9-22-13(19)8-17-14(20)10-2-4-11(15)5-3-10/h2-5H,6-9H2,1H3,(H,16,18)(H,17,20). The zero-order valence-corrected chi connectivity index (χ0v) is 12.8. The van der Waals surface area contributed by atoms with Crippen molar-refractivity contribution in [2.75, 3.05) is 33.4 Å². The molecule has 0 aliphatic heterocycles. The zero-order chi connectivity index (χ0) is 16.4. The number of rotatable bonds is 8. The highest BCUT2D eigenvalue weighted by atomic mass is 35.5. The lowest BCUT2D eigenvalue weighted by molar-refractivity contribution is -0.147. The van der Waals surface area contributed by atoms with Gasteiger partial charge in [-0.05, 0) is 24.3 Å². The molecule has 0 atom stereocenters. The summed E-state index contributed by atoms with van der Waals surface area (Å²) in [5.74, 6) is -1.57. The van der Waals surface area contributed by atoms with Crippen molar-refractivity contribution in [3.8, 4) is 0 Å². The fraction of sp³-hybridized carbons (Fsp3) is 0.357. The van der Waals surface area contributed by atoms with E-state index in [9.17, 15) is 14.4 Å². The maximum Gasteiger partial charge on any atom is 0.325 e. The van der Waals surface area contributed by atoms with E-state index in [-0.39, 0.29) is 6.54 Å². The lowest BCUT2D eigenvalue weighted by Crippen LogP contribution is -2.34. The van der Waals surface area contributed by atoms with Crippen LogP contribution in [-0.2, 0) is 19.1 Å². The van der Waals surface area contributed by atoms with Crippen LogP contribution in [0.2, 0.25) is 5.02 Å². The van der Waals surface area contributed by atoms with Gasteiger partial charge >= 0.3 is 5.97 Å². The van der Waals surface area contributed by atoms with Gasteiger partial charge in [-0.2, -0.15) is 0 Å². The highest BCUT2D eigenvalue weighted by molar-refractivity contribution is 6.30. The van der Waals surface area contributed by atoms with Crippen molar-refractivity contribution in [1.29, 1.82) is 0 Å². The van der Waals surface area contributed by atoms with Gasteiger partial charge in [0.25, 0.3) is 11.8 Å². The number of methoxy groups -OCH3 is 1. The Morgan fingerprint density at radius 3 is 2.45 bits per heavy atom. The van der Waals surface area contributed by atoms with Crippen LogP contribution in [0.4, 0.5) is 0 Å². The summed E-state index contributed by atoms with van der Waals surface area (Å²) < 4.78 is 9.47. The quantitative estimate of drug-likeness (QED) is 0.531. The fourth-order valence-electron chi connectivity index (χ4n) is 1.40. The number of carbonyl (C=O) groups excluding carboxylic acids is 3. The number of benzene rings is 1. The van der Waals surface area contributed by atoms with Crippen LogP contribution in [0, 0.1) is 0 Å². The van der Waals surface area contributed by atoms with Gasteiger partial charge in [-0.1, -0.05) is 11.6 Å². The van der Waals surface area contributed by atoms with E-state index in [0.717, 1.165) is 0 Å². The molecule has 0 saturated carbocycles. The molecule has 0 aliphatic carbocycles. The minimum absolute atomic E-state index is 0.327. The Kier molecular flexibility index (Phi) is 7.95. The lowest BCUT2D eigenvalue weighted by Gasteiger charge is -2.07. The van der Waals surface area contributed by atoms with Gasteiger partial charge in [0.05, 0.1) is 6.61 Å². The first kappa shape index (κ1) is 17.9. The summed E-state index contributed by atoms with van der Waals surface area (Å²) in [4.78, 5) is 34.4. The van der Waals surface area contributed by atoms with Crippen molar-refractivity contribution in [2.45, 2.75) is 0 Å². The van der Waals surface area contributed by atoms with E-state index in [0.29, 0.717) is 23.7 Å². The van der Waals surface area contributed by atoms with Crippen molar-refractivity contribution < 1.29 is 23.9 Å². The Hall–Kier alpha value is -2.12. The Bertz CT molecular complexity index is 518. The van der Waals surface area contributed by atoms with Crippen LogP contribution >= 0.6 is 11.6 Å². The molecule has 0 saturated heterocycles. The zero-order valence-electron chi connectivity index (χ0n) is 12.1. The van der Waals surface area contributed by atoms with Crippen LogP contribution in [-0.4, -0.2) is 51.2 Å². The first-order valence-electron chi connectivity index (χ1n) is 6.48. The molecule has 120 valence electrons. The van der Waals surface area contributed by atoms with Gasteiger partial charge in [0, 0.05) is 24.2 Å². The minimum Gasteiger partial charge on any atom is -0.454 e. The van der Waals surface area contributed by atoms with E-state index >= 15 is 0 Å². The summed E-state index contributed by atoms with van der Waals surface area (Å²) in [7, 11) is 1.51. The topological polar surface area (TPSA) is 93.7 Å². The summed E-state index contributed by atoms with van der Waals surface area (Å²) in [6.45, 7) is -0.0246. The smallest absolute Gasteiger partial charge is 0.325 e. The molecule has 7 nitrogen and oxygen atoms in total. The van der Waals surface area contributed by atoms with E-state index in [2.05, 4.69) is 10.6 Å². The SMILES string of the molecule is COCCNC(=O)COC(=O)CNC(=O)c1ccc(Cl)cc1. The van der Waals surface area contributed by atoms with Gasteiger partial charge in [-0.15, -0.1) is 0 Å². The number of hydrogen-bond acceptors (Lipinski definition) is 5. The summed E-state index contributed by atoms with van der Waals surface area (Å²) in [5.41, 5.74) is 0.370. The molecule has 0 heterocycles. The normalized spacial score (nSPS) is 9.91. The van der Waals surface area contributed by atoms with Crippen LogP contribution in [0.25, 0.3) is 0 Å². The molecule has 8 heteroatoms. The monoisotopic (exact) mass is 328 g/mol. The van der Waals surface area contributed by atoms with Gasteiger partial charge in [0.1, 0.15) is 6.54 Å². The van der Waals surface area contributed by atoms with E-state index in [1.165, 1.54) is 19.2 Å². The number of hydrogen-bond donors (Lipinski definition) is 2. The first-order chi connectivity index (χ1) is 10.5. The fourth-order valence-corrected chi connectivity index (χ4v) is 1.52. The average molecular weight is 329 g/mol. The third-order valence-corrected chi connectivity index (χ3v) is 2.74. The molecule has 0 aromatic heterocycles. The Morgan fingerprint density at radius 2 is 1.82 bits per heavy atom. The van der Waals surface area contributed by atoms with Crippen molar-refractivity contribution in [3.63, 3.8) is 0 Å². The van der Waals surface area contributed by atoms with Crippen LogP contribution in [0.1, 0.15) is 10.4 Å². The van der Waals surface area contributed by atoms with Crippen molar-refractivity contribution in [2.24, 2.45) is 0 Å². The van der Waals surface area contributed by atoms with E-state index < -0.39 is 24.4 Å². The molecular formula is C14H17ClN2O5. The molecule has 0 aliphatic rings. The van der Waals surface area contributed by atoms with Gasteiger partial charge in [-0.3, -0.25) is 14.4 Å². The van der Waals surface area contributed by atoms with Gasteiger partial charge in [-0.25, -0.2) is 0 Å². The average Bonchev–Trinajstić information content (AvgIpc) is 2.51. The number of ether oxygens (including phenoxy) is 2. The highest BCUT2D eigenvalue weighted by Crippen LogP contribution is 2.09. The molecule has 22 heavy (non-hydrogen) atoms. The van der Waals surface area contributed by atoms with Gasteiger partial charge in [0.15, 0.2) is 6.61 Å². The van der Waals surface area contributed by atoms with Crippen LogP contribution in [0.3, 0.4) is 0 Å². The molecule has 0 radical (unpaired) electrons. The lowest BCUT2D eigenvalue weighted by atomic mass is 10.2. The van der Waals surface area contributed by atoms with Crippen molar-refractivity contribution in [1.82, 2.24) is 10.6 Å². The van der Waals surface area contributed by atoms with Crippen molar-refractivity contribution >= 4 is 29.4 Å². The Labute approximate surface area is 132 Å². The number of amides is 2. The second-order valence-corrected chi connectivity index (χ2v) is 4.63. The number of carbonyl (C=O) groups is 3. The Balaban J connectivity index is 2.24. The Morgan fingerprint density at radius 1 is 1.14 bits per heavy atom. The number of halogens is 1. The van der Waals surface area contributed by atoms with E-state index in [1.54, 1.807) is 12.1 Å². The molecule has 0 bridgehead atoms. The molecule has 1 aromatic carbocycles. The van der Waals surface area contributed by atoms with Crippen molar-refractivity contribution in [3.05, 3.63) is 34.9 Å². The predicted molar refractivity (Wildman–Crippen MR) is 79.6 cm³/mol. The maximum absolute atomic E-state index is 11.7. The highest BCUT2D eigenvalue weighted by Gasteiger charge is 2.10. The van der Waals surface area contributed by atoms with Crippen LogP contribution < -0.4 is 10.6 Å². The molecule has 1 aromatic rings. The predicted octanol–water partition coefficient (Wildman–Crippen LogP) is 0.376. The first-order valence-corrected chi connectivity index (χ1v) is 6.85.